The second-order valence-corrected chi connectivity index (χ2v) is 6.42. The molecule has 1 fully saturated rings. The lowest BCUT2D eigenvalue weighted by Gasteiger charge is -2.20. The van der Waals surface area contributed by atoms with Crippen LogP contribution in [0.15, 0.2) is 22.6 Å². The highest BCUT2D eigenvalue weighted by atomic mass is 16.3. The maximum atomic E-state index is 12.1. The zero-order valence-electron chi connectivity index (χ0n) is 14.1. The first-order valence-corrected chi connectivity index (χ1v) is 8.15. The number of hydrogen-bond acceptors (Lipinski definition) is 5. The maximum absolute atomic E-state index is 12.1. The fraction of sp³-hybridized carbons (Fsp3) is 0.471. The highest BCUT2D eigenvalue weighted by Crippen LogP contribution is 2.19. The van der Waals surface area contributed by atoms with Crippen LogP contribution < -0.4 is 10.6 Å². The number of hydrogen-bond donors (Lipinski definition) is 2. The van der Waals surface area contributed by atoms with Crippen LogP contribution in [0.2, 0.25) is 0 Å². The number of anilines is 1. The molecule has 2 amide bonds. The van der Waals surface area contributed by atoms with Crippen molar-refractivity contribution in [1.82, 2.24) is 15.2 Å². The van der Waals surface area contributed by atoms with Gasteiger partial charge in [-0.25, -0.2) is 4.98 Å². The molecule has 0 spiro atoms. The van der Waals surface area contributed by atoms with E-state index in [1.807, 2.05) is 0 Å². The van der Waals surface area contributed by atoms with E-state index in [4.69, 9.17) is 4.42 Å². The Bertz CT molecular complexity index is 768. The van der Waals surface area contributed by atoms with Gasteiger partial charge in [0.1, 0.15) is 5.52 Å². The SMILES string of the molecule is Cc1nc2ccc(NC(=O)C(=O)NC3CCN(C(C)C)C3)cc2o1. The molecule has 1 aliphatic rings. The molecule has 3 rings (SSSR count). The summed E-state index contributed by atoms with van der Waals surface area (Å²) in [6, 6.07) is 5.57. The second kappa shape index (κ2) is 6.60. The Morgan fingerprint density at radius 3 is 2.83 bits per heavy atom. The first-order chi connectivity index (χ1) is 11.4. The molecule has 1 aromatic heterocycles. The number of fused-ring (bicyclic) bond motifs is 1. The van der Waals surface area contributed by atoms with Crippen molar-refractivity contribution in [1.29, 1.82) is 0 Å². The van der Waals surface area contributed by atoms with E-state index in [9.17, 15) is 9.59 Å². The fourth-order valence-corrected chi connectivity index (χ4v) is 2.93. The van der Waals surface area contributed by atoms with Gasteiger partial charge < -0.3 is 15.1 Å². The van der Waals surface area contributed by atoms with Gasteiger partial charge in [0, 0.05) is 43.9 Å². The average molecular weight is 330 g/mol. The first-order valence-electron chi connectivity index (χ1n) is 8.15. The summed E-state index contributed by atoms with van der Waals surface area (Å²) in [5.74, 6) is -0.727. The summed E-state index contributed by atoms with van der Waals surface area (Å²) in [6.45, 7) is 7.72. The molecule has 24 heavy (non-hydrogen) atoms. The van der Waals surface area contributed by atoms with Gasteiger partial charge in [0.25, 0.3) is 0 Å². The molecule has 0 radical (unpaired) electrons. The number of rotatable bonds is 3. The highest BCUT2D eigenvalue weighted by molar-refractivity contribution is 6.39. The summed E-state index contributed by atoms with van der Waals surface area (Å²) in [4.78, 5) is 30.6. The van der Waals surface area contributed by atoms with Gasteiger partial charge in [-0.3, -0.25) is 14.5 Å². The molecule has 2 N–H and O–H groups in total. The predicted octanol–water partition coefficient (Wildman–Crippen LogP) is 1.67. The van der Waals surface area contributed by atoms with Crippen LogP contribution in [0.3, 0.4) is 0 Å². The zero-order chi connectivity index (χ0) is 17.3. The Balaban J connectivity index is 1.58. The molecule has 1 saturated heterocycles. The Morgan fingerprint density at radius 2 is 2.12 bits per heavy atom. The summed E-state index contributed by atoms with van der Waals surface area (Å²) < 4.78 is 5.42. The van der Waals surface area contributed by atoms with E-state index in [0.29, 0.717) is 23.2 Å². The van der Waals surface area contributed by atoms with Crippen molar-refractivity contribution in [3.8, 4) is 0 Å². The minimum Gasteiger partial charge on any atom is -0.441 e. The fourth-order valence-electron chi connectivity index (χ4n) is 2.93. The van der Waals surface area contributed by atoms with Gasteiger partial charge in [-0.2, -0.15) is 0 Å². The Hall–Kier alpha value is -2.41. The van der Waals surface area contributed by atoms with Crippen LogP contribution >= 0.6 is 0 Å². The number of benzene rings is 1. The molecule has 0 saturated carbocycles. The van der Waals surface area contributed by atoms with Gasteiger partial charge in [0.15, 0.2) is 11.5 Å². The number of carbonyl (C=O) groups excluding carboxylic acids is 2. The molecule has 0 bridgehead atoms. The van der Waals surface area contributed by atoms with Gasteiger partial charge in [0.05, 0.1) is 0 Å². The molecule has 1 aromatic carbocycles. The quantitative estimate of drug-likeness (QED) is 0.836. The van der Waals surface area contributed by atoms with Crippen molar-refractivity contribution in [3.63, 3.8) is 0 Å². The van der Waals surface area contributed by atoms with Gasteiger partial charge in [-0.15, -0.1) is 0 Å². The molecular weight excluding hydrogens is 308 g/mol. The summed E-state index contributed by atoms with van der Waals surface area (Å²) in [5, 5.41) is 5.40. The number of nitrogens with one attached hydrogen (secondary N) is 2. The van der Waals surface area contributed by atoms with E-state index in [0.717, 1.165) is 25.0 Å². The number of carbonyl (C=O) groups is 2. The van der Waals surface area contributed by atoms with Crippen LogP contribution in [0.25, 0.3) is 11.1 Å². The number of nitrogens with zero attached hydrogens (tertiary/aromatic N) is 2. The lowest BCUT2D eigenvalue weighted by atomic mass is 10.2. The molecular formula is C17H22N4O3. The summed E-state index contributed by atoms with van der Waals surface area (Å²) >= 11 is 0. The van der Waals surface area contributed by atoms with Crippen molar-refractivity contribution >= 4 is 28.6 Å². The average Bonchev–Trinajstić information content (AvgIpc) is 3.12. The summed E-state index contributed by atoms with van der Waals surface area (Å²) in [7, 11) is 0. The van der Waals surface area contributed by atoms with Crippen molar-refractivity contribution in [3.05, 3.63) is 24.1 Å². The van der Waals surface area contributed by atoms with Crippen LogP contribution in [0.5, 0.6) is 0 Å². The summed E-state index contributed by atoms with van der Waals surface area (Å²) in [6.07, 6.45) is 0.862. The number of amides is 2. The van der Waals surface area contributed by atoms with E-state index in [1.54, 1.807) is 25.1 Å². The zero-order valence-corrected chi connectivity index (χ0v) is 14.1. The number of oxazole rings is 1. The van der Waals surface area contributed by atoms with Crippen LogP contribution in [0.4, 0.5) is 5.69 Å². The second-order valence-electron chi connectivity index (χ2n) is 6.42. The summed E-state index contributed by atoms with van der Waals surface area (Å²) in [5.41, 5.74) is 1.80. The van der Waals surface area contributed by atoms with Crippen molar-refractivity contribution < 1.29 is 14.0 Å². The minimum atomic E-state index is -0.673. The van der Waals surface area contributed by atoms with Crippen LogP contribution in [0, 0.1) is 6.92 Å². The standard InChI is InChI=1S/C17H22N4O3/c1-10(2)21-7-6-13(9-21)20-17(23)16(22)19-12-4-5-14-15(8-12)24-11(3)18-14/h4-5,8,10,13H,6-7,9H2,1-3H3,(H,19,22)(H,20,23). The van der Waals surface area contributed by atoms with Crippen LogP contribution in [0.1, 0.15) is 26.2 Å². The van der Waals surface area contributed by atoms with E-state index in [1.165, 1.54) is 0 Å². The molecule has 2 aromatic rings. The molecule has 1 atom stereocenters. The third-order valence-electron chi connectivity index (χ3n) is 4.24. The third kappa shape index (κ3) is 3.56. The van der Waals surface area contributed by atoms with Gasteiger partial charge in [-0.05, 0) is 32.4 Å². The smallest absolute Gasteiger partial charge is 0.313 e. The number of aromatic nitrogens is 1. The van der Waals surface area contributed by atoms with E-state index in [-0.39, 0.29) is 6.04 Å². The Labute approximate surface area is 140 Å². The Kier molecular flexibility index (Phi) is 4.53. The monoisotopic (exact) mass is 330 g/mol. The topological polar surface area (TPSA) is 87.5 Å². The highest BCUT2D eigenvalue weighted by Gasteiger charge is 2.27. The lowest BCUT2D eigenvalue weighted by Crippen LogP contribution is -2.43. The molecule has 128 valence electrons. The van der Waals surface area contributed by atoms with Crippen molar-refractivity contribution in [2.45, 2.75) is 39.3 Å². The third-order valence-corrected chi connectivity index (χ3v) is 4.24. The maximum Gasteiger partial charge on any atom is 0.313 e. The van der Waals surface area contributed by atoms with Crippen LogP contribution in [-0.2, 0) is 9.59 Å². The molecule has 7 nitrogen and oxygen atoms in total. The Morgan fingerprint density at radius 1 is 1.33 bits per heavy atom. The van der Waals surface area contributed by atoms with E-state index in [2.05, 4.69) is 34.4 Å². The van der Waals surface area contributed by atoms with Gasteiger partial charge >= 0.3 is 11.8 Å². The van der Waals surface area contributed by atoms with Crippen molar-refractivity contribution in [2.75, 3.05) is 18.4 Å². The van der Waals surface area contributed by atoms with E-state index >= 15 is 0 Å². The predicted molar refractivity (Wildman–Crippen MR) is 90.6 cm³/mol. The number of aryl methyl sites for hydroxylation is 1. The van der Waals surface area contributed by atoms with Crippen molar-refractivity contribution in [2.24, 2.45) is 0 Å². The molecule has 7 heteroatoms. The molecule has 2 heterocycles. The molecule has 1 unspecified atom stereocenters. The van der Waals surface area contributed by atoms with Gasteiger partial charge in [0.2, 0.25) is 0 Å². The van der Waals surface area contributed by atoms with Crippen LogP contribution in [-0.4, -0.2) is 46.9 Å². The van der Waals surface area contributed by atoms with E-state index < -0.39 is 11.8 Å². The molecule has 1 aliphatic heterocycles. The number of likely N-dealkylation sites (tertiary alicyclic amines) is 1. The van der Waals surface area contributed by atoms with Gasteiger partial charge in [-0.1, -0.05) is 0 Å². The molecule has 0 aliphatic carbocycles. The minimum absolute atomic E-state index is 0.0186. The first kappa shape index (κ1) is 16.4. The lowest BCUT2D eigenvalue weighted by molar-refractivity contribution is -0.136. The largest absolute Gasteiger partial charge is 0.441 e. The normalized spacial score (nSPS) is 18.2.